The molecular formula is C27H27N3O4. The number of methoxy groups -OCH3 is 1. The highest BCUT2D eigenvalue weighted by molar-refractivity contribution is 6.00. The van der Waals surface area contributed by atoms with Crippen molar-refractivity contribution in [1.29, 1.82) is 5.26 Å². The number of nitrogens with zero attached hydrogens (tertiary/aromatic N) is 2. The number of hydrogen-bond donors (Lipinski definition) is 2. The maximum atomic E-state index is 12.8. The van der Waals surface area contributed by atoms with E-state index in [1.807, 2.05) is 35.0 Å². The number of carboxylic acid groups (broad SMARTS) is 1. The summed E-state index contributed by atoms with van der Waals surface area (Å²) in [5.74, 6) is -0.0886. The van der Waals surface area contributed by atoms with E-state index in [9.17, 15) is 14.7 Å². The zero-order valence-electron chi connectivity index (χ0n) is 19.1. The van der Waals surface area contributed by atoms with E-state index >= 15 is 0 Å². The van der Waals surface area contributed by atoms with Gasteiger partial charge in [0.15, 0.2) is 0 Å². The molecule has 1 aliphatic carbocycles. The first-order valence-corrected chi connectivity index (χ1v) is 11.4. The lowest BCUT2D eigenvalue weighted by Gasteiger charge is -2.13. The zero-order chi connectivity index (χ0) is 24.1. The molecule has 1 heterocycles. The second-order valence-electron chi connectivity index (χ2n) is 8.60. The van der Waals surface area contributed by atoms with Crippen LogP contribution in [0.5, 0.6) is 5.75 Å². The second-order valence-corrected chi connectivity index (χ2v) is 8.60. The number of amides is 1. The standard InChI is InChI=1S/C27H27N3O4/c1-34-25-14-20(27(32)33)8-9-22(25)17-30-16-21(7-4-12-28)23-11-10-19(13-24(23)30)26(31)29-15-18-5-2-3-6-18/h4,7-11,13-14,16,18H,2-3,5-6,15,17H2,1H3,(H,29,31)(H,32,33). The Balaban J connectivity index is 1.68. The molecule has 34 heavy (non-hydrogen) atoms. The molecule has 2 N–H and O–H groups in total. The van der Waals surface area contributed by atoms with Gasteiger partial charge < -0.3 is 19.7 Å². The maximum absolute atomic E-state index is 12.8. The Morgan fingerprint density at radius 3 is 2.68 bits per heavy atom. The van der Waals surface area contributed by atoms with Crippen LogP contribution in [0.25, 0.3) is 17.0 Å². The van der Waals surface area contributed by atoms with Crippen molar-refractivity contribution in [2.45, 2.75) is 32.2 Å². The summed E-state index contributed by atoms with van der Waals surface area (Å²) in [7, 11) is 1.51. The van der Waals surface area contributed by atoms with Gasteiger partial charge in [-0.15, -0.1) is 0 Å². The van der Waals surface area contributed by atoms with Crippen LogP contribution >= 0.6 is 0 Å². The van der Waals surface area contributed by atoms with E-state index in [-0.39, 0.29) is 11.5 Å². The van der Waals surface area contributed by atoms with E-state index in [2.05, 4.69) is 5.32 Å². The molecule has 0 atom stereocenters. The molecule has 2 aromatic carbocycles. The zero-order valence-corrected chi connectivity index (χ0v) is 19.1. The number of nitrogens with one attached hydrogen (secondary N) is 1. The SMILES string of the molecule is COc1cc(C(=O)O)ccc1Cn1cc(C=CC#N)c2ccc(C(=O)NCC3CCCC3)cc21. The number of ether oxygens (including phenoxy) is 1. The number of aromatic carboxylic acids is 1. The molecule has 7 heteroatoms. The lowest BCUT2D eigenvalue weighted by Crippen LogP contribution is -2.28. The van der Waals surface area contributed by atoms with Crippen LogP contribution < -0.4 is 10.1 Å². The number of aromatic nitrogens is 1. The lowest BCUT2D eigenvalue weighted by molar-refractivity contribution is 0.0696. The number of nitriles is 1. The van der Waals surface area contributed by atoms with Crippen molar-refractivity contribution >= 4 is 28.9 Å². The third-order valence-electron chi connectivity index (χ3n) is 6.41. The first-order chi connectivity index (χ1) is 16.5. The van der Waals surface area contributed by atoms with Crippen LogP contribution in [-0.4, -0.2) is 35.2 Å². The molecule has 0 aliphatic heterocycles. The Morgan fingerprint density at radius 2 is 1.97 bits per heavy atom. The van der Waals surface area contributed by atoms with E-state index < -0.39 is 5.97 Å². The number of rotatable bonds is 8. The van der Waals surface area contributed by atoms with Crippen molar-refractivity contribution < 1.29 is 19.4 Å². The molecule has 4 rings (SSSR count). The van der Waals surface area contributed by atoms with Gasteiger partial charge in [-0.25, -0.2) is 4.79 Å². The van der Waals surface area contributed by atoms with Crippen LogP contribution in [0, 0.1) is 17.2 Å². The summed E-state index contributed by atoms with van der Waals surface area (Å²) in [6.07, 6.45) is 9.88. The van der Waals surface area contributed by atoms with Crippen LogP contribution in [0.15, 0.2) is 48.7 Å². The topological polar surface area (TPSA) is 104 Å². The molecule has 7 nitrogen and oxygen atoms in total. The molecule has 1 saturated carbocycles. The number of carbonyl (C=O) groups is 2. The van der Waals surface area contributed by atoms with Crippen LogP contribution in [0.3, 0.4) is 0 Å². The molecule has 0 saturated heterocycles. The number of hydrogen-bond acceptors (Lipinski definition) is 4. The molecule has 0 bridgehead atoms. The van der Waals surface area contributed by atoms with E-state index in [0.717, 1.165) is 22.0 Å². The summed E-state index contributed by atoms with van der Waals surface area (Å²) in [5, 5.41) is 22.2. The Kier molecular flexibility index (Phi) is 6.98. The summed E-state index contributed by atoms with van der Waals surface area (Å²) in [4.78, 5) is 24.2. The second kappa shape index (κ2) is 10.3. The average molecular weight is 458 g/mol. The van der Waals surface area contributed by atoms with Gasteiger partial charge in [-0.1, -0.05) is 25.0 Å². The smallest absolute Gasteiger partial charge is 0.335 e. The Labute approximate surface area is 198 Å². The van der Waals surface area contributed by atoms with Crippen molar-refractivity contribution in [2.24, 2.45) is 5.92 Å². The van der Waals surface area contributed by atoms with Crippen molar-refractivity contribution in [1.82, 2.24) is 9.88 Å². The van der Waals surface area contributed by atoms with E-state index in [1.54, 1.807) is 18.2 Å². The number of carboxylic acids is 1. The molecular weight excluding hydrogens is 430 g/mol. The fraction of sp³-hybridized carbons (Fsp3) is 0.296. The minimum atomic E-state index is -1.02. The number of allylic oxidation sites excluding steroid dienone is 1. The van der Waals surface area contributed by atoms with Crippen LogP contribution in [0.4, 0.5) is 0 Å². The lowest BCUT2D eigenvalue weighted by atomic mass is 10.1. The molecule has 0 spiro atoms. The highest BCUT2D eigenvalue weighted by Crippen LogP contribution is 2.28. The predicted molar refractivity (Wildman–Crippen MR) is 130 cm³/mol. The minimum Gasteiger partial charge on any atom is -0.496 e. The Bertz CT molecular complexity index is 1290. The van der Waals surface area contributed by atoms with Gasteiger partial charge in [0.05, 0.1) is 25.3 Å². The molecule has 1 amide bonds. The van der Waals surface area contributed by atoms with Crippen molar-refractivity contribution in [3.63, 3.8) is 0 Å². The third-order valence-corrected chi connectivity index (χ3v) is 6.41. The van der Waals surface area contributed by atoms with E-state index in [0.29, 0.717) is 30.3 Å². The summed E-state index contributed by atoms with van der Waals surface area (Å²) >= 11 is 0. The van der Waals surface area contributed by atoms with Crippen molar-refractivity contribution in [3.8, 4) is 11.8 Å². The van der Waals surface area contributed by atoms with Gasteiger partial charge in [-0.3, -0.25) is 4.79 Å². The van der Waals surface area contributed by atoms with E-state index in [4.69, 9.17) is 10.00 Å². The fourth-order valence-electron chi connectivity index (χ4n) is 4.60. The normalized spacial score (nSPS) is 13.9. The molecule has 0 unspecified atom stereocenters. The number of fused-ring (bicyclic) bond motifs is 1. The molecule has 0 radical (unpaired) electrons. The van der Waals surface area contributed by atoms with Crippen molar-refractivity contribution in [2.75, 3.05) is 13.7 Å². The summed E-state index contributed by atoms with van der Waals surface area (Å²) in [6.45, 7) is 1.11. The van der Waals surface area contributed by atoms with Gasteiger partial charge in [-0.05, 0) is 49.1 Å². The first kappa shape index (κ1) is 23.1. The summed E-state index contributed by atoms with van der Waals surface area (Å²) in [6, 6.07) is 12.4. The van der Waals surface area contributed by atoms with Gasteiger partial charge in [0, 0.05) is 46.4 Å². The first-order valence-electron chi connectivity index (χ1n) is 11.4. The van der Waals surface area contributed by atoms with Gasteiger partial charge in [0.2, 0.25) is 0 Å². The highest BCUT2D eigenvalue weighted by atomic mass is 16.5. The molecule has 1 aliphatic rings. The van der Waals surface area contributed by atoms with E-state index in [1.165, 1.54) is 44.9 Å². The predicted octanol–water partition coefficient (Wildman–Crippen LogP) is 4.85. The molecule has 174 valence electrons. The minimum absolute atomic E-state index is 0.0981. The molecule has 3 aromatic rings. The van der Waals surface area contributed by atoms with Crippen LogP contribution in [0.1, 0.15) is 57.5 Å². The average Bonchev–Trinajstić information content (AvgIpc) is 3.49. The monoisotopic (exact) mass is 457 g/mol. The quantitative estimate of drug-likeness (QED) is 0.471. The van der Waals surface area contributed by atoms with Gasteiger partial charge in [0.1, 0.15) is 5.75 Å². The van der Waals surface area contributed by atoms with Gasteiger partial charge in [0.25, 0.3) is 5.91 Å². The van der Waals surface area contributed by atoms with Gasteiger partial charge in [-0.2, -0.15) is 5.26 Å². The Hall–Kier alpha value is -4.05. The molecule has 1 aromatic heterocycles. The largest absolute Gasteiger partial charge is 0.496 e. The van der Waals surface area contributed by atoms with Gasteiger partial charge >= 0.3 is 5.97 Å². The maximum Gasteiger partial charge on any atom is 0.335 e. The molecule has 1 fully saturated rings. The third kappa shape index (κ3) is 4.96. The fourth-order valence-corrected chi connectivity index (χ4v) is 4.60. The summed E-state index contributed by atoms with van der Waals surface area (Å²) in [5.41, 5.74) is 3.23. The number of carbonyl (C=O) groups excluding carboxylic acids is 1. The Morgan fingerprint density at radius 1 is 1.21 bits per heavy atom. The number of benzene rings is 2. The van der Waals surface area contributed by atoms with Crippen LogP contribution in [-0.2, 0) is 6.54 Å². The van der Waals surface area contributed by atoms with Crippen LogP contribution in [0.2, 0.25) is 0 Å². The summed E-state index contributed by atoms with van der Waals surface area (Å²) < 4.78 is 7.42. The highest BCUT2D eigenvalue weighted by Gasteiger charge is 2.18. The van der Waals surface area contributed by atoms with Crippen molar-refractivity contribution in [3.05, 3.63) is 70.9 Å².